The number of nitrogens with one attached hydrogen (secondary N) is 1. The monoisotopic (exact) mass is 463 g/mol. The van der Waals surface area contributed by atoms with E-state index in [2.05, 4.69) is 4.72 Å². The summed E-state index contributed by atoms with van der Waals surface area (Å²) in [6.07, 6.45) is 0. The zero-order valence-electron chi connectivity index (χ0n) is 16.3. The lowest BCUT2D eigenvalue weighted by molar-refractivity contribution is 0.0474. The molecule has 0 radical (unpaired) electrons. The van der Waals surface area contributed by atoms with Crippen LogP contribution in [0.15, 0.2) is 71.6 Å². The summed E-state index contributed by atoms with van der Waals surface area (Å²) < 4.78 is 71.5. The van der Waals surface area contributed by atoms with Crippen LogP contribution in [0, 0.1) is 17.5 Å². The van der Waals surface area contributed by atoms with Crippen molar-refractivity contribution < 1.29 is 35.9 Å². The van der Waals surface area contributed by atoms with Crippen LogP contribution in [-0.2, 0) is 21.3 Å². The van der Waals surface area contributed by atoms with Crippen LogP contribution in [0.3, 0.4) is 0 Å². The molecular weight excluding hydrogens is 447 g/mol. The van der Waals surface area contributed by atoms with Crippen LogP contribution in [0.1, 0.15) is 26.3 Å². The van der Waals surface area contributed by atoms with E-state index in [0.717, 1.165) is 0 Å². The second kappa shape index (κ2) is 9.75. The van der Waals surface area contributed by atoms with Gasteiger partial charge in [-0.1, -0.05) is 42.5 Å². The summed E-state index contributed by atoms with van der Waals surface area (Å²) in [5, 5.41) is 0. The first-order valence-corrected chi connectivity index (χ1v) is 10.6. The Hall–Kier alpha value is -3.50. The number of Topliss-reactive ketones (excluding diaryl/α,β-unsaturated/α-hetero) is 1. The van der Waals surface area contributed by atoms with Crippen LogP contribution in [0.4, 0.5) is 13.2 Å². The molecule has 0 fully saturated rings. The number of sulfonamides is 1. The molecule has 0 aliphatic heterocycles. The fourth-order valence-electron chi connectivity index (χ4n) is 2.65. The molecule has 0 amide bonds. The number of ether oxygens (including phenoxy) is 1. The summed E-state index contributed by atoms with van der Waals surface area (Å²) in [6.45, 7) is -0.743. The van der Waals surface area contributed by atoms with Gasteiger partial charge in [0.15, 0.2) is 29.8 Å². The maximum Gasteiger partial charge on any atom is 0.338 e. The van der Waals surface area contributed by atoms with Gasteiger partial charge in [-0.25, -0.2) is 31.1 Å². The van der Waals surface area contributed by atoms with Crippen molar-refractivity contribution in [1.82, 2.24) is 4.72 Å². The molecule has 166 valence electrons. The molecule has 0 spiro atoms. The van der Waals surface area contributed by atoms with Crippen LogP contribution in [0.5, 0.6) is 0 Å². The Morgan fingerprint density at radius 3 is 2.12 bits per heavy atom. The summed E-state index contributed by atoms with van der Waals surface area (Å²) in [5.41, 5.74) is 0.929. The Bertz CT molecular complexity index is 1250. The van der Waals surface area contributed by atoms with Gasteiger partial charge in [0.1, 0.15) is 4.90 Å². The molecule has 6 nitrogen and oxygen atoms in total. The van der Waals surface area contributed by atoms with Crippen molar-refractivity contribution in [2.24, 2.45) is 0 Å². The highest BCUT2D eigenvalue weighted by molar-refractivity contribution is 7.89. The number of rotatable bonds is 8. The number of hydrogen-bond donors (Lipinski definition) is 1. The van der Waals surface area contributed by atoms with Crippen molar-refractivity contribution in [2.45, 2.75) is 11.4 Å². The predicted molar refractivity (Wildman–Crippen MR) is 108 cm³/mol. The van der Waals surface area contributed by atoms with E-state index < -0.39 is 44.9 Å². The van der Waals surface area contributed by atoms with Gasteiger partial charge in [0, 0.05) is 12.1 Å². The molecule has 0 unspecified atom stereocenters. The highest BCUT2D eigenvalue weighted by Crippen LogP contribution is 2.20. The van der Waals surface area contributed by atoms with Crippen molar-refractivity contribution in [1.29, 1.82) is 0 Å². The highest BCUT2D eigenvalue weighted by atomic mass is 32.2. The lowest BCUT2D eigenvalue weighted by atomic mass is 10.1. The van der Waals surface area contributed by atoms with E-state index in [9.17, 15) is 31.2 Å². The van der Waals surface area contributed by atoms with Crippen molar-refractivity contribution >= 4 is 21.8 Å². The number of ketones is 1. The second-order valence-electron chi connectivity index (χ2n) is 6.56. The number of hydrogen-bond acceptors (Lipinski definition) is 5. The molecule has 0 saturated carbocycles. The molecule has 0 saturated heterocycles. The molecule has 0 aliphatic rings. The normalized spacial score (nSPS) is 11.2. The summed E-state index contributed by atoms with van der Waals surface area (Å²) in [7, 11) is -4.46. The largest absolute Gasteiger partial charge is 0.454 e. The maximum atomic E-state index is 13.8. The Morgan fingerprint density at radius 1 is 0.812 bits per heavy atom. The zero-order valence-corrected chi connectivity index (χ0v) is 17.2. The Kier molecular flexibility index (Phi) is 7.06. The molecule has 0 heterocycles. The van der Waals surface area contributed by atoms with E-state index in [0.29, 0.717) is 23.3 Å². The van der Waals surface area contributed by atoms with E-state index in [4.69, 9.17) is 4.74 Å². The van der Waals surface area contributed by atoms with E-state index in [1.165, 1.54) is 24.3 Å². The van der Waals surface area contributed by atoms with Crippen molar-refractivity contribution in [3.63, 3.8) is 0 Å². The first-order valence-electron chi connectivity index (χ1n) is 9.16. The molecule has 32 heavy (non-hydrogen) atoms. The van der Waals surface area contributed by atoms with Crippen molar-refractivity contribution in [3.05, 3.63) is 101 Å². The molecule has 3 rings (SSSR count). The Labute approximate surface area is 181 Å². The van der Waals surface area contributed by atoms with Crippen molar-refractivity contribution in [2.75, 3.05) is 6.61 Å². The van der Waals surface area contributed by atoms with Crippen LogP contribution in [0.25, 0.3) is 0 Å². The third kappa shape index (κ3) is 5.40. The number of carbonyl (C=O) groups excluding carboxylic acids is 2. The molecule has 0 atom stereocenters. The molecule has 1 N–H and O–H groups in total. The van der Waals surface area contributed by atoms with Gasteiger partial charge < -0.3 is 4.74 Å². The van der Waals surface area contributed by atoms with Gasteiger partial charge in [-0.05, 0) is 29.8 Å². The SMILES string of the molecule is O=C(COC(=O)c1ccc(CNS(=O)(=O)c2ccc(F)c(F)c2F)cc1)c1ccccc1. The van der Waals surface area contributed by atoms with Gasteiger partial charge in [-0.2, -0.15) is 0 Å². The average molecular weight is 463 g/mol. The van der Waals surface area contributed by atoms with Crippen molar-refractivity contribution in [3.8, 4) is 0 Å². The van der Waals surface area contributed by atoms with Gasteiger partial charge in [-0.3, -0.25) is 4.79 Å². The number of carbonyl (C=O) groups is 2. The first kappa shape index (κ1) is 23.2. The van der Waals surface area contributed by atoms with Crippen LogP contribution in [0.2, 0.25) is 0 Å². The minimum Gasteiger partial charge on any atom is -0.454 e. The minimum atomic E-state index is -4.46. The van der Waals surface area contributed by atoms with E-state index in [1.54, 1.807) is 30.3 Å². The maximum absolute atomic E-state index is 13.8. The molecule has 10 heteroatoms. The smallest absolute Gasteiger partial charge is 0.338 e. The molecule has 0 aliphatic carbocycles. The van der Waals surface area contributed by atoms with E-state index in [1.807, 2.05) is 0 Å². The number of benzene rings is 3. The topological polar surface area (TPSA) is 89.5 Å². The molecule has 0 bridgehead atoms. The van der Waals surface area contributed by atoms with Gasteiger partial charge in [-0.15, -0.1) is 0 Å². The summed E-state index contributed by atoms with van der Waals surface area (Å²) >= 11 is 0. The lowest BCUT2D eigenvalue weighted by Gasteiger charge is -2.09. The second-order valence-corrected chi connectivity index (χ2v) is 8.30. The highest BCUT2D eigenvalue weighted by Gasteiger charge is 2.23. The van der Waals surface area contributed by atoms with Crippen LogP contribution in [-0.4, -0.2) is 26.8 Å². The Morgan fingerprint density at radius 2 is 1.47 bits per heavy atom. The fourth-order valence-corrected chi connectivity index (χ4v) is 3.74. The zero-order chi connectivity index (χ0) is 23.3. The summed E-state index contributed by atoms with van der Waals surface area (Å²) in [6, 6.07) is 15.0. The quantitative estimate of drug-likeness (QED) is 0.313. The molecule has 3 aromatic carbocycles. The summed E-state index contributed by atoms with van der Waals surface area (Å²) in [5.74, 6) is -6.32. The molecule has 3 aromatic rings. The number of esters is 1. The summed E-state index contributed by atoms with van der Waals surface area (Å²) in [4.78, 5) is 23.0. The van der Waals surface area contributed by atoms with Crippen LogP contribution >= 0.6 is 0 Å². The standard InChI is InChI=1S/C22H16F3NO5S/c23-17-10-11-19(21(25)20(17)24)32(29,30)26-12-14-6-8-16(9-7-14)22(28)31-13-18(27)15-4-2-1-3-5-15/h1-11,26H,12-13H2. The van der Waals surface area contributed by atoms with Gasteiger partial charge >= 0.3 is 5.97 Å². The fraction of sp³-hybridized carbons (Fsp3) is 0.0909. The third-order valence-corrected chi connectivity index (χ3v) is 5.79. The molecular formula is C22H16F3NO5S. The average Bonchev–Trinajstić information content (AvgIpc) is 2.80. The first-order chi connectivity index (χ1) is 15.2. The van der Waals surface area contributed by atoms with Gasteiger partial charge in [0.05, 0.1) is 5.56 Å². The van der Waals surface area contributed by atoms with E-state index in [-0.39, 0.29) is 17.9 Å². The Balaban J connectivity index is 1.59. The minimum absolute atomic E-state index is 0.129. The predicted octanol–water partition coefficient (Wildman–Crippen LogP) is 3.62. The molecule has 0 aromatic heterocycles. The third-order valence-electron chi connectivity index (χ3n) is 4.38. The lowest BCUT2D eigenvalue weighted by Crippen LogP contribution is -2.24. The van der Waals surface area contributed by atoms with Gasteiger partial charge in [0.2, 0.25) is 10.0 Å². The van der Waals surface area contributed by atoms with E-state index >= 15 is 0 Å². The van der Waals surface area contributed by atoms with Gasteiger partial charge in [0.25, 0.3) is 0 Å². The van der Waals surface area contributed by atoms with Crippen LogP contribution < -0.4 is 4.72 Å². The number of halogens is 3.